The molecule has 0 heterocycles. The van der Waals surface area contributed by atoms with Crippen LogP contribution in [0.4, 0.5) is 0 Å². The van der Waals surface area contributed by atoms with E-state index >= 15 is 0 Å². The summed E-state index contributed by atoms with van der Waals surface area (Å²) in [6, 6.07) is 7.72. The minimum absolute atomic E-state index is 0.106. The average molecular weight is 245 g/mol. The Morgan fingerprint density at radius 2 is 2.22 bits per heavy atom. The van der Waals surface area contributed by atoms with E-state index in [1.807, 2.05) is 31.2 Å². The zero-order valence-corrected chi connectivity index (χ0v) is 11.1. The summed E-state index contributed by atoms with van der Waals surface area (Å²) in [6.07, 6.45) is 5.59. The lowest BCUT2D eigenvalue weighted by atomic mass is 10.1. The van der Waals surface area contributed by atoms with Crippen molar-refractivity contribution in [3.63, 3.8) is 0 Å². The van der Waals surface area contributed by atoms with Crippen LogP contribution in [0.5, 0.6) is 5.75 Å². The molecular formula is C15H19NO2. The number of ether oxygens (including phenoxy) is 1. The SMILES string of the molecule is C#CC(C)(C)NC(=O)CCOc1cccc(C)c1. The van der Waals surface area contributed by atoms with Crippen molar-refractivity contribution >= 4 is 5.91 Å². The molecule has 3 nitrogen and oxygen atoms in total. The lowest BCUT2D eigenvalue weighted by Crippen LogP contribution is -2.42. The zero-order valence-electron chi connectivity index (χ0n) is 11.1. The van der Waals surface area contributed by atoms with Crippen molar-refractivity contribution < 1.29 is 9.53 Å². The number of rotatable bonds is 5. The van der Waals surface area contributed by atoms with Crippen LogP contribution in [0.25, 0.3) is 0 Å². The number of aryl methyl sites for hydroxylation is 1. The minimum atomic E-state index is -0.611. The lowest BCUT2D eigenvalue weighted by molar-refractivity contribution is -0.122. The Morgan fingerprint density at radius 3 is 2.83 bits per heavy atom. The third kappa shape index (κ3) is 4.92. The van der Waals surface area contributed by atoms with E-state index in [0.29, 0.717) is 13.0 Å². The van der Waals surface area contributed by atoms with E-state index in [4.69, 9.17) is 11.2 Å². The topological polar surface area (TPSA) is 38.3 Å². The van der Waals surface area contributed by atoms with Gasteiger partial charge in [-0.25, -0.2) is 0 Å². The van der Waals surface area contributed by atoms with Crippen molar-refractivity contribution in [2.75, 3.05) is 6.61 Å². The molecule has 0 saturated heterocycles. The van der Waals surface area contributed by atoms with Crippen LogP contribution in [0, 0.1) is 19.3 Å². The molecule has 1 N–H and O–H groups in total. The second-order valence-corrected chi connectivity index (χ2v) is 4.73. The highest BCUT2D eigenvalue weighted by Crippen LogP contribution is 2.12. The van der Waals surface area contributed by atoms with Gasteiger partial charge in [-0.05, 0) is 38.5 Å². The van der Waals surface area contributed by atoms with Crippen molar-refractivity contribution in [2.24, 2.45) is 0 Å². The summed E-state index contributed by atoms with van der Waals surface area (Å²) in [5.41, 5.74) is 0.519. The minimum Gasteiger partial charge on any atom is -0.493 e. The predicted molar refractivity (Wildman–Crippen MR) is 72.3 cm³/mol. The molecule has 0 radical (unpaired) electrons. The van der Waals surface area contributed by atoms with Gasteiger partial charge in [-0.15, -0.1) is 6.42 Å². The molecule has 3 heteroatoms. The van der Waals surface area contributed by atoms with Gasteiger partial charge in [-0.2, -0.15) is 0 Å². The molecular weight excluding hydrogens is 226 g/mol. The molecule has 96 valence electrons. The van der Waals surface area contributed by atoms with Gasteiger partial charge in [0.2, 0.25) is 5.91 Å². The van der Waals surface area contributed by atoms with E-state index in [1.165, 1.54) is 0 Å². The first-order valence-corrected chi connectivity index (χ1v) is 5.91. The second-order valence-electron chi connectivity index (χ2n) is 4.73. The van der Waals surface area contributed by atoms with Gasteiger partial charge < -0.3 is 10.1 Å². The Labute approximate surface area is 109 Å². The van der Waals surface area contributed by atoms with Crippen LogP contribution in [-0.2, 0) is 4.79 Å². The Balaban J connectivity index is 2.35. The number of carbonyl (C=O) groups is 1. The number of benzene rings is 1. The average Bonchev–Trinajstić information content (AvgIpc) is 2.28. The van der Waals surface area contributed by atoms with Crippen molar-refractivity contribution in [1.29, 1.82) is 0 Å². The predicted octanol–water partition coefficient (Wildman–Crippen LogP) is 2.29. The van der Waals surface area contributed by atoms with Crippen LogP contribution >= 0.6 is 0 Å². The summed E-state index contributed by atoms with van der Waals surface area (Å²) < 4.78 is 5.49. The van der Waals surface area contributed by atoms with Gasteiger partial charge in [-0.3, -0.25) is 4.79 Å². The summed E-state index contributed by atoms with van der Waals surface area (Å²) in [5.74, 6) is 3.19. The van der Waals surface area contributed by atoms with E-state index in [-0.39, 0.29) is 5.91 Å². The van der Waals surface area contributed by atoms with Gasteiger partial charge in [-0.1, -0.05) is 18.1 Å². The first-order chi connectivity index (χ1) is 8.43. The number of hydrogen-bond donors (Lipinski definition) is 1. The van der Waals surface area contributed by atoms with Crippen LogP contribution < -0.4 is 10.1 Å². The summed E-state index contributed by atoms with van der Waals surface area (Å²) in [5, 5.41) is 2.75. The van der Waals surface area contributed by atoms with Crippen molar-refractivity contribution in [3.05, 3.63) is 29.8 Å². The Bertz CT molecular complexity index is 458. The van der Waals surface area contributed by atoms with Gasteiger partial charge in [0.05, 0.1) is 18.6 Å². The van der Waals surface area contributed by atoms with E-state index < -0.39 is 5.54 Å². The van der Waals surface area contributed by atoms with E-state index in [0.717, 1.165) is 11.3 Å². The highest BCUT2D eigenvalue weighted by molar-refractivity contribution is 5.77. The molecule has 0 aliphatic carbocycles. The number of nitrogens with one attached hydrogen (secondary N) is 1. The first kappa shape index (κ1) is 14.1. The summed E-state index contributed by atoms with van der Waals surface area (Å²) in [6.45, 7) is 5.91. The number of amides is 1. The first-order valence-electron chi connectivity index (χ1n) is 5.91. The molecule has 1 amide bonds. The molecule has 0 atom stereocenters. The zero-order chi connectivity index (χ0) is 13.6. The standard InChI is InChI=1S/C15H19NO2/c1-5-15(3,4)16-14(17)9-10-18-13-8-6-7-12(2)11-13/h1,6-8,11H,9-10H2,2-4H3,(H,16,17). The van der Waals surface area contributed by atoms with E-state index in [1.54, 1.807) is 13.8 Å². The fourth-order valence-electron chi connectivity index (χ4n) is 1.41. The maximum Gasteiger partial charge on any atom is 0.224 e. The molecule has 0 saturated carbocycles. The van der Waals surface area contributed by atoms with E-state index in [2.05, 4.69) is 11.2 Å². The van der Waals surface area contributed by atoms with Gasteiger partial charge in [0.25, 0.3) is 0 Å². The monoisotopic (exact) mass is 245 g/mol. The molecule has 0 aromatic heterocycles. The summed E-state index contributed by atoms with van der Waals surface area (Å²) in [7, 11) is 0. The van der Waals surface area contributed by atoms with Gasteiger partial charge in [0, 0.05) is 0 Å². The van der Waals surface area contributed by atoms with Crippen LogP contribution in [0.2, 0.25) is 0 Å². The summed E-state index contributed by atoms with van der Waals surface area (Å²) in [4.78, 5) is 11.6. The molecule has 1 aromatic rings. The lowest BCUT2D eigenvalue weighted by Gasteiger charge is -2.19. The normalized spacial score (nSPS) is 10.6. The molecule has 0 spiro atoms. The van der Waals surface area contributed by atoms with Crippen LogP contribution in [0.1, 0.15) is 25.8 Å². The maximum atomic E-state index is 11.6. The molecule has 1 rings (SSSR count). The molecule has 0 fully saturated rings. The molecule has 0 aliphatic rings. The van der Waals surface area contributed by atoms with Crippen molar-refractivity contribution in [2.45, 2.75) is 32.7 Å². The number of carbonyl (C=O) groups excluding carboxylic acids is 1. The van der Waals surface area contributed by atoms with E-state index in [9.17, 15) is 4.79 Å². The fourth-order valence-corrected chi connectivity index (χ4v) is 1.41. The van der Waals surface area contributed by atoms with Crippen LogP contribution in [0.15, 0.2) is 24.3 Å². The number of hydrogen-bond acceptors (Lipinski definition) is 2. The second kappa shape index (κ2) is 6.11. The third-order valence-corrected chi connectivity index (χ3v) is 2.40. The van der Waals surface area contributed by atoms with Gasteiger partial charge >= 0.3 is 0 Å². The molecule has 18 heavy (non-hydrogen) atoms. The molecule has 0 bridgehead atoms. The van der Waals surface area contributed by atoms with Crippen molar-refractivity contribution in [3.8, 4) is 18.1 Å². The van der Waals surface area contributed by atoms with Gasteiger partial charge in [0.15, 0.2) is 0 Å². The Kier molecular flexibility index (Phi) is 4.79. The van der Waals surface area contributed by atoms with Crippen LogP contribution in [-0.4, -0.2) is 18.1 Å². The third-order valence-electron chi connectivity index (χ3n) is 2.40. The highest BCUT2D eigenvalue weighted by Gasteiger charge is 2.16. The Hall–Kier alpha value is -1.95. The van der Waals surface area contributed by atoms with Crippen molar-refractivity contribution in [1.82, 2.24) is 5.32 Å². The fraction of sp³-hybridized carbons (Fsp3) is 0.400. The largest absolute Gasteiger partial charge is 0.493 e. The maximum absolute atomic E-state index is 11.6. The highest BCUT2D eigenvalue weighted by atomic mass is 16.5. The molecule has 1 aromatic carbocycles. The quantitative estimate of drug-likeness (QED) is 0.808. The Morgan fingerprint density at radius 1 is 1.50 bits per heavy atom. The number of terminal acetylenes is 1. The molecule has 0 unspecified atom stereocenters. The smallest absolute Gasteiger partial charge is 0.224 e. The molecule has 0 aliphatic heterocycles. The summed E-state index contributed by atoms with van der Waals surface area (Å²) >= 11 is 0. The van der Waals surface area contributed by atoms with Gasteiger partial charge in [0.1, 0.15) is 5.75 Å². The van der Waals surface area contributed by atoms with Crippen LogP contribution in [0.3, 0.4) is 0 Å².